The van der Waals surface area contributed by atoms with Crippen LogP contribution in [0, 0.1) is 11.3 Å². The molecule has 0 spiro atoms. The first-order valence-corrected chi connectivity index (χ1v) is 5.98. The summed E-state index contributed by atoms with van der Waals surface area (Å²) < 4.78 is 0. The molecule has 2 atom stereocenters. The zero-order valence-corrected chi connectivity index (χ0v) is 10.7. The van der Waals surface area contributed by atoms with E-state index < -0.39 is 11.4 Å². The molecule has 16 heavy (non-hydrogen) atoms. The molecule has 0 aromatic rings. The molecule has 1 rings (SSSR count). The van der Waals surface area contributed by atoms with Crippen LogP contribution in [0.5, 0.6) is 0 Å². The van der Waals surface area contributed by atoms with Gasteiger partial charge in [-0.25, -0.2) is 0 Å². The second kappa shape index (κ2) is 4.86. The summed E-state index contributed by atoms with van der Waals surface area (Å²) in [5.41, 5.74) is 1.95. The number of hydrogen-bond acceptors (Lipinski definition) is 1. The summed E-state index contributed by atoms with van der Waals surface area (Å²) in [6.45, 7) is 8.12. The van der Waals surface area contributed by atoms with E-state index in [0.717, 1.165) is 19.3 Å². The molecule has 0 aliphatic heterocycles. The Hall–Kier alpha value is -1.05. The molecule has 90 valence electrons. The van der Waals surface area contributed by atoms with Crippen LogP contribution >= 0.6 is 0 Å². The van der Waals surface area contributed by atoms with Gasteiger partial charge >= 0.3 is 5.97 Å². The van der Waals surface area contributed by atoms with Crippen LogP contribution in [-0.4, -0.2) is 11.1 Å². The molecule has 0 aromatic carbocycles. The topological polar surface area (TPSA) is 37.3 Å². The van der Waals surface area contributed by atoms with Gasteiger partial charge in [-0.1, -0.05) is 30.2 Å². The van der Waals surface area contributed by atoms with Crippen molar-refractivity contribution in [3.63, 3.8) is 0 Å². The fourth-order valence-electron chi connectivity index (χ4n) is 2.10. The second-order valence-electron chi connectivity index (χ2n) is 5.13. The molecule has 1 aliphatic carbocycles. The van der Waals surface area contributed by atoms with Crippen molar-refractivity contribution in [2.45, 2.75) is 47.0 Å². The lowest BCUT2D eigenvalue weighted by atomic mass is 9.68. The van der Waals surface area contributed by atoms with Crippen LogP contribution in [0.2, 0.25) is 0 Å². The maximum Gasteiger partial charge on any atom is 0.310 e. The third kappa shape index (κ3) is 2.55. The molecule has 0 saturated carbocycles. The fourth-order valence-corrected chi connectivity index (χ4v) is 2.10. The molecule has 0 fully saturated rings. The Kier molecular flexibility index (Phi) is 3.95. The number of carbonyl (C=O) groups is 1. The molecule has 2 nitrogen and oxygen atoms in total. The first kappa shape index (κ1) is 13.0. The van der Waals surface area contributed by atoms with E-state index >= 15 is 0 Å². The lowest BCUT2D eigenvalue weighted by Gasteiger charge is -2.35. The lowest BCUT2D eigenvalue weighted by molar-refractivity contribution is -0.150. The average molecular weight is 222 g/mol. The number of hydrogen-bond donors (Lipinski definition) is 1. The molecule has 0 heterocycles. The van der Waals surface area contributed by atoms with Crippen molar-refractivity contribution in [3.8, 4) is 0 Å². The Morgan fingerprint density at radius 1 is 1.69 bits per heavy atom. The van der Waals surface area contributed by atoms with Crippen LogP contribution < -0.4 is 0 Å². The van der Waals surface area contributed by atoms with Crippen LogP contribution in [0.3, 0.4) is 0 Å². The van der Waals surface area contributed by atoms with E-state index in [2.05, 4.69) is 32.9 Å². The van der Waals surface area contributed by atoms with Gasteiger partial charge in [-0.15, -0.1) is 0 Å². The van der Waals surface area contributed by atoms with Crippen molar-refractivity contribution in [2.75, 3.05) is 0 Å². The Morgan fingerprint density at radius 3 is 2.81 bits per heavy atom. The van der Waals surface area contributed by atoms with E-state index in [0.29, 0.717) is 0 Å². The highest BCUT2D eigenvalue weighted by Crippen LogP contribution is 2.41. The van der Waals surface area contributed by atoms with E-state index in [1.165, 1.54) is 11.1 Å². The van der Waals surface area contributed by atoms with Gasteiger partial charge in [0, 0.05) is 5.92 Å². The summed E-state index contributed by atoms with van der Waals surface area (Å²) in [6.07, 6.45) is 6.87. The summed E-state index contributed by atoms with van der Waals surface area (Å²) >= 11 is 0. The molecule has 0 radical (unpaired) electrons. The summed E-state index contributed by atoms with van der Waals surface area (Å²) in [5, 5.41) is 9.38. The van der Waals surface area contributed by atoms with Crippen LogP contribution in [-0.2, 0) is 4.79 Å². The lowest BCUT2D eigenvalue weighted by Crippen LogP contribution is -2.36. The number of aliphatic carboxylic acids is 1. The molecular formula is C14H22O2. The molecule has 1 unspecified atom stereocenters. The zero-order chi connectivity index (χ0) is 12.3. The Morgan fingerprint density at radius 2 is 2.31 bits per heavy atom. The largest absolute Gasteiger partial charge is 0.481 e. The average Bonchev–Trinajstić information content (AvgIpc) is 2.23. The predicted octanol–water partition coefficient (Wildman–Crippen LogP) is 3.79. The minimum absolute atomic E-state index is 0.0405. The van der Waals surface area contributed by atoms with Crippen molar-refractivity contribution < 1.29 is 9.90 Å². The van der Waals surface area contributed by atoms with Crippen molar-refractivity contribution in [3.05, 3.63) is 23.3 Å². The molecule has 0 aromatic heterocycles. The highest BCUT2D eigenvalue weighted by molar-refractivity contribution is 5.75. The highest BCUT2D eigenvalue weighted by atomic mass is 16.4. The fraction of sp³-hybridized carbons (Fsp3) is 0.643. The van der Waals surface area contributed by atoms with Gasteiger partial charge in [0.1, 0.15) is 0 Å². The number of rotatable bonds is 3. The minimum Gasteiger partial charge on any atom is -0.481 e. The van der Waals surface area contributed by atoms with Crippen molar-refractivity contribution in [1.82, 2.24) is 0 Å². The maximum absolute atomic E-state index is 11.4. The van der Waals surface area contributed by atoms with E-state index in [9.17, 15) is 9.90 Å². The summed E-state index contributed by atoms with van der Waals surface area (Å²) in [4.78, 5) is 11.4. The second-order valence-corrected chi connectivity index (χ2v) is 5.13. The van der Waals surface area contributed by atoms with Gasteiger partial charge in [-0.3, -0.25) is 4.79 Å². The molecule has 0 saturated heterocycles. The molecular weight excluding hydrogens is 200 g/mol. The Bertz CT molecular complexity index is 339. The third-order valence-corrected chi connectivity index (χ3v) is 3.75. The van der Waals surface area contributed by atoms with E-state index in [1.807, 2.05) is 6.92 Å². The zero-order valence-electron chi connectivity index (χ0n) is 10.7. The van der Waals surface area contributed by atoms with E-state index in [-0.39, 0.29) is 5.92 Å². The van der Waals surface area contributed by atoms with Gasteiger partial charge in [0.2, 0.25) is 0 Å². The Labute approximate surface area is 98.1 Å². The first-order valence-electron chi connectivity index (χ1n) is 5.98. The minimum atomic E-state index is -0.679. The van der Waals surface area contributed by atoms with Gasteiger partial charge in [0.15, 0.2) is 0 Å². The maximum atomic E-state index is 11.4. The Balaban J connectivity index is 3.07. The number of allylic oxidation sites excluding steroid dienone is 4. The van der Waals surface area contributed by atoms with Gasteiger partial charge < -0.3 is 5.11 Å². The summed E-state index contributed by atoms with van der Waals surface area (Å²) in [7, 11) is 0. The molecule has 0 amide bonds. The standard InChI is InChI=1S/C14H22O2/c1-5-10(2)8-12-9-11(3)6-7-14(12,4)13(15)16/h8-9,12H,5-7H2,1-4H3,(H,15,16)/t12?,14-/m1/s1. The molecule has 2 heteroatoms. The first-order chi connectivity index (χ1) is 7.40. The summed E-state index contributed by atoms with van der Waals surface area (Å²) in [5.74, 6) is -0.639. The smallest absolute Gasteiger partial charge is 0.310 e. The van der Waals surface area contributed by atoms with Crippen LogP contribution in [0.15, 0.2) is 23.3 Å². The van der Waals surface area contributed by atoms with Crippen molar-refractivity contribution >= 4 is 5.97 Å². The normalized spacial score (nSPS) is 31.1. The van der Waals surface area contributed by atoms with Crippen molar-refractivity contribution in [1.29, 1.82) is 0 Å². The highest BCUT2D eigenvalue weighted by Gasteiger charge is 2.40. The molecule has 1 aliphatic rings. The van der Waals surface area contributed by atoms with Crippen LogP contribution in [0.1, 0.15) is 47.0 Å². The van der Waals surface area contributed by atoms with Crippen molar-refractivity contribution in [2.24, 2.45) is 11.3 Å². The van der Waals surface area contributed by atoms with Crippen LogP contribution in [0.25, 0.3) is 0 Å². The van der Waals surface area contributed by atoms with Gasteiger partial charge in [-0.2, -0.15) is 0 Å². The van der Waals surface area contributed by atoms with Gasteiger partial charge in [0.25, 0.3) is 0 Å². The van der Waals surface area contributed by atoms with Crippen LogP contribution in [0.4, 0.5) is 0 Å². The number of carboxylic acids is 1. The SMILES string of the molecule is CCC(C)=CC1C=C(C)CC[C@@]1(C)C(=O)O. The van der Waals surface area contributed by atoms with E-state index in [4.69, 9.17) is 0 Å². The van der Waals surface area contributed by atoms with Gasteiger partial charge in [0.05, 0.1) is 5.41 Å². The number of carboxylic acid groups (broad SMARTS) is 1. The quantitative estimate of drug-likeness (QED) is 0.738. The van der Waals surface area contributed by atoms with Gasteiger partial charge in [-0.05, 0) is 40.0 Å². The predicted molar refractivity (Wildman–Crippen MR) is 66.3 cm³/mol. The monoisotopic (exact) mass is 222 g/mol. The van der Waals surface area contributed by atoms with E-state index in [1.54, 1.807) is 0 Å². The third-order valence-electron chi connectivity index (χ3n) is 3.75. The molecule has 0 bridgehead atoms. The molecule has 1 N–H and O–H groups in total. The summed E-state index contributed by atoms with van der Waals surface area (Å²) in [6, 6.07) is 0.